The highest BCUT2D eigenvalue weighted by Crippen LogP contribution is 2.37. The molecule has 2 heterocycles. The lowest BCUT2D eigenvalue weighted by Crippen LogP contribution is -2.40. The molecule has 3 aromatic rings. The van der Waals surface area contributed by atoms with Gasteiger partial charge >= 0.3 is 11.9 Å². The molecule has 4 rings (SSSR count). The van der Waals surface area contributed by atoms with E-state index in [1.54, 1.807) is 57.2 Å². The Hall–Kier alpha value is -4.12. The number of esters is 2. The zero-order valence-electron chi connectivity index (χ0n) is 24.1. The Morgan fingerprint density at radius 2 is 1.93 bits per heavy atom. The van der Waals surface area contributed by atoms with E-state index in [4.69, 9.17) is 35.8 Å². The molecule has 230 valence electrons. The molecule has 0 aliphatic carbocycles. The van der Waals surface area contributed by atoms with E-state index in [2.05, 4.69) is 25.7 Å². The summed E-state index contributed by atoms with van der Waals surface area (Å²) in [7, 11) is 1.26. The van der Waals surface area contributed by atoms with Crippen LogP contribution < -0.4 is 29.1 Å². The molecule has 0 saturated carbocycles. The first kappa shape index (κ1) is 32.8. The average Bonchev–Trinajstić information content (AvgIpc) is 3.29. The summed E-state index contributed by atoms with van der Waals surface area (Å²) >= 11 is 11.0. The lowest BCUT2D eigenvalue weighted by molar-refractivity contribution is -0.143. The molecule has 0 fully saturated rings. The van der Waals surface area contributed by atoms with Crippen LogP contribution in [0.2, 0.25) is 5.02 Å². The highest BCUT2D eigenvalue weighted by atomic mass is 79.9. The van der Waals surface area contributed by atoms with Gasteiger partial charge in [-0.05, 0) is 78.2 Å². The number of aromatic nitrogens is 1. The van der Waals surface area contributed by atoms with Crippen molar-refractivity contribution in [3.05, 3.63) is 81.9 Å². The Morgan fingerprint density at radius 3 is 2.59 bits per heavy atom. The third kappa shape index (κ3) is 6.99. The van der Waals surface area contributed by atoms with Crippen LogP contribution in [-0.4, -0.2) is 50.0 Å². The summed E-state index contributed by atoms with van der Waals surface area (Å²) in [4.78, 5) is 43.9. The number of nitrogens with zero attached hydrogens (tertiary/aromatic N) is 3. The van der Waals surface area contributed by atoms with Gasteiger partial charge in [-0.1, -0.05) is 29.0 Å². The molecular weight excluding hydrogens is 678 g/mol. The van der Waals surface area contributed by atoms with Crippen LogP contribution in [0.5, 0.6) is 17.2 Å². The molecule has 1 aromatic heterocycles. The van der Waals surface area contributed by atoms with Crippen LogP contribution in [0, 0.1) is 11.3 Å². The number of rotatable bonds is 11. The minimum absolute atomic E-state index is 0.126. The van der Waals surface area contributed by atoms with E-state index in [0.29, 0.717) is 48.7 Å². The van der Waals surface area contributed by atoms with Gasteiger partial charge in [-0.25, -0.2) is 14.6 Å². The summed E-state index contributed by atoms with van der Waals surface area (Å²) in [5.41, 5.74) is 1.33. The summed E-state index contributed by atoms with van der Waals surface area (Å²) in [5.74, 6) is -0.265. The Morgan fingerprint density at radius 1 is 1.16 bits per heavy atom. The van der Waals surface area contributed by atoms with Gasteiger partial charge in [0.1, 0.15) is 6.07 Å². The second kappa shape index (κ2) is 14.6. The largest absolute Gasteiger partial charge is 0.490 e. The quantitative estimate of drug-likeness (QED) is 0.271. The smallest absolute Gasteiger partial charge is 0.343 e. The number of ether oxygens (including phenoxy) is 5. The minimum atomic E-state index is -0.904. The number of fused-ring (bicyclic) bond motifs is 1. The number of allylic oxidation sites excluding steroid dienone is 1. The number of carbonyl (C=O) groups is 2. The van der Waals surface area contributed by atoms with Crippen LogP contribution in [0.3, 0.4) is 0 Å². The Kier molecular flexibility index (Phi) is 10.9. The summed E-state index contributed by atoms with van der Waals surface area (Å²) in [5, 5.41) is 9.09. The molecule has 0 unspecified atom stereocenters. The molecule has 0 amide bonds. The van der Waals surface area contributed by atoms with Crippen molar-refractivity contribution in [1.82, 2.24) is 4.57 Å². The molecule has 2 aromatic carbocycles. The second-order valence-electron chi connectivity index (χ2n) is 9.07. The molecule has 0 saturated heterocycles. The maximum absolute atomic E-state index is 14.0. The van der Waals surface area contributed by atoms with E-state index in [1.807, 2.05) is 6.07 Å². The van der Waals surface area contributed by atoms with Gasteiger partial charge in [-0.2, -0.15) is 5.26 Å². The van der Waals surface area contributed by atoms with E-state index in [-0.39, 0.29) is 36.2 Å². The van der Waals surface area contributed by atoms with Gasteiger partial charge in [0.2, 0.25) is 0 Å². The zero-order chi connectivity index (χ0) is 32.0. The third-order valence-electron chi connectivity index (χ3n) is 6.27. The van der Waals surface area contributed by atoms with Crippen LogP contribution in [-0.2, 0) is 19.1 Å². The fourth-order valence-corrected chi connectivity index (χ4v) is 6.48. The highest BCUT2D eigenvalue weighted by molar-refractivity contribution is 9.10. The van der Waals surface area contributed by atoms with Crippen molar-refractivity contribution < 1.29 is 33.3 Å². The minimum Gasteiger partial charge on any atom is -0.490 e. The van der Waals surface area contributed by atoms with E-state index in [0.717, 1.165) is 11.3 Å². The van der Waals surface area contributed by atoms with Gasteiger partial charge < -0.3 is 23.7 Å². The second-order valence-corrected chi connectivity index (χ2v) is 11.3. The number of carbonyl (C=O) groups excluding carboxylic acids is 2. The lowest BCUT2D eigenvalue weighted by Gasteiger charge is -2.25. The number of hydrogen-bond acceptors (Lipinski definition) is 11. The maximum atomic E-state index is 14.0. The van der Waals surface area contributed by atoms with Crippen molar-refractivity contribution in [1.29, 1.82) is 5.26 Å². The fourth-order valence-electron chi connectivity index (χ4n) is 4.44. The van der Waals surface area contributed by atoms with E-state index in [9.17, 15) is 14.4 Å². The molecular formula is C30H27BrClN3O8S. The molecule has 14 heteroatoms. The van der Waals surface area contributed by atoms with Crippen molar-refractivity contribution in [2.45, 2.75) is 26.8 Å². The Bertz CT molecular complexity index is 1840. The molecule has 1 aliphatic heterocycles. The number of halogens is 2. The highest BCUT2D eigenvalue weighted by Gasteiger charge is 2.34. The lowest BCUT2D eigenvalue weighted by atomic mass is 9.95. The Balaban J connectivity index is 1.88. The standard InChI is InChI=1S/C30H27BrClN3O8S/c1-5-40-22-14-18(7-8-21(22)43-15-24(36)39-4)26-25(29(38)41-6-2)16(3)34-30-35(26)28(37)23(44-30)13-17-11-19(31)27(20(32)12-17)42-10-9-33/h7-8,11-14,26H,5-6,10,15H2,1-4H3/b23-13-/t26-/m1/s1. The molecule has 0 N–H and O–H groups in total. The molecule has 1 atom stereocenters. The summed E-state index contributed by atoms with van der Waals surface area (Å²) in [6, 6.07) is 9.27. The molecule has 0 bridgehead atoms. The Labute approximate surface area is 269 Å². The van der Waals surface area contributed by atoms with Crippen LogP contribution in [0.15, 0.2) is 55.9 Å². The van der Waals surface area contributed by atoms with Gasteiger partial charge in [0.15, 0.2) is 35.3 Å². The van der Waals surface area contributed by atoms with Crippen LogP contribution in [0.25, 0.3) is 6.08 Å². The summed E-state index contributed by atoms with van der Waals surface area (Å²) < 4.78 is 29.1. The third-order valence-corrected chi connectivity index (χ3v) is 8.13. The molecule has 0 spiro atoms. The average molecular weight is 705 g/mol. The van der Waals surface area contributed by atoms with Gasteiger partial charge in [-0.15, -0.1) is 0 Å². The van der Waals surface area contributed by atoms with Gasteiger partial charge in [0.05, 0.1) is 51.7 Å². The van der Waals surface area contributed by atoms with Crippen LogP contribution in [0.1, 0.15) is 37.9 Å². The van der Waals surface area contributed by atoms with E-state index in [1.165, 1.54) is 11.7 Å². The van der Waals surface area contributed by atoms with E-state index < -0.39 is 23.5 Å². The molecule has 11 nitrogen and oxygen atoms in total. The topological polar surface area (TPSA) is 138 Å². The SMILES string of the molecule is CCOC(=O)C1=C(C)N=c2s/c(=C\c3cc(Cl)c(OCC#N)c(Br)c3)c(=O)n2[C@@H]1c1ccc(OCC(=O)OC)c(OCC)c1. The number of nitriles is 1. The van der Waals surface area contributed by atoms with Gasteiger partial charge in [-0.3, -0.25) is 9.36 Å². The number of methoxy groups -OCH3 is 1. The monoisotopic (exact) mass is 703 g/mol. The zero-order valence-corrected chi connectivity index (χ0v) is 27.3. The van der Waals surface area contributed by atoms with E-state index >= 15 is 0 Å². The molecule has 0 radical (unpaired) electrons. The summed E-state index contributed by atoms with van der Waals surface area (Å²) in [6.45, 7) is 5.08. The molecule has 44 heavy (non-hydrogen) atoms. The first-order valence-electron chi connectivity index (χ1n) is 13.3. The first-order valence-corrected chi connectivity index (χ1v) is 15.3. The summed E-state index contributed by atoms with van der Waals surface area (Å²) in [6.07, 6.45) is 1.66. The van der Waals surface area contributed by atoms with Crippen LogP contribution in [0.4, 0.5) is 0 Å². The van der Waals surface area contributed by atoms with Crippen molar-refractivity contribution in [2.75, 3.05) is 33.5 Å². The first-order chi connectivity index (χ1) is 21.1. The molecule has 1 aliphatic rings. The van der Waals surface area contributed by atoms with Crippen molar-refractivity contribution >= 4 is 56.9 Å². The van der Waals surface area contributed by atoms with Crippen molar-refractivity contribution in [3.8, 4) is 23.3 Å². The fraction of sp³-hybridized carbons (Fsp3) is 0.300. The normalized spacial score (nSPS) is 14.3. The van der Waals surface area contributed by atoms with Crippen molar-refractivity contribution in [3.63, 3.8) is 0 Å². The predicted octanol–water partition coefficient (Wildman–Crippen LogP) is 4.07. The predicted molar refractivity (Wildman–Crippen MR) is 166 cm³/mol. The van der Waals surface area contributed by atoms with Gasteiger partial charge in [0.25, 0.3) is 5.56 Å². The number of hydrogen-bond donors (Lipinski definition) is 0. The van der Waals surface area contributed by atoms with Crippen LogP contribution >= 0.6 is 38.9 Å². The van der Waals surface area contributed by atoms with Gasteiger partial charge in [0, 0.05) is 0 Å². The number of benzene rings is 2. The van der Waals surface area contributed by atoms with Crippen molar-refractivity contribution in [2.24, 2.45) is 4.99 Å². The maximum Gasteiger partial charge on any atom is 0.343 e. The number of thiazole rings is 1.